The Morgan fingerprint density at radius 3 is 2.02 bits per heavy atom. The zero-order valence-electron chi connectivity index (χ0n) is 29.2. The van der Waals surface area contributed by atoms with Gasteiger partial charge in [-0.15, -0.1) is 0 Å². The highest BCUT2D eigenvalue weighted by Gasteiger charge is 2.34. The number of carbonyl (C=O) groups is 4. The average molecular weight is 623 g/mol. The van der Waals surface area contributed by atoms with Crippen LogP contribution in [0.1, 0.15) is 129 Å². The van der Waals surface area contributed by atoms with Crippen LogP contribution in [-0.4, -0.2) is 23.1 Å². The van der Waals surface area contributed by atoms with Gasteiger partial charge in [0.15, 0.2) is 11.6 Å². The van der Waals surface area contributed by atoms with E-state index in [0.29, 0.717) is 12.8 Å². The molecule has 4 nitrogen and oxygen atoms in total. The predicted molar refractivity (Wildman–Crippen MR) is 190 cm³/mol. The Kier molecular flexibility index (Phi) is 14.3. The van der Waals surface area contributed by atoms with Gasteiger partial charge < -0.3 is 0 Å². The van der Waals surface area contributed by atoms with Gasteiger partial charge in [-0.1, -0.05) is 115 Å². The smallest absolute Gasteiger partial charge is 0.167 e. The lowest BCUT2D eigenvalue weighted by Gasteiger charge is -2.32. The summed E-state index contributed by atoms with van der Waals surface area (Å²) in [6.07, 6.45) is 7.26. The van der Waals surface area contributed by atoms with Crippen molar-refractivity contribution in [1.82, 2.24) is 0 Å². The maximum Gasteiger partial charge on any atom is 0.167 e. The van der Waals surface area contributed by atoms with Gasteiger partial charge in [0.2, 0.25) is 0 Å². The molecule has 46 heavy (non-hydrogen) atoms. The second-order valence-electron chi connectivity index (χ2n) is 13.2. The third-order valence-corrected chi connectivity index (χ3v) is 9.22. The monoisotopic (exact) mass is 622 g/mol. The number of fused-ring (bicyclic) bond motifs is 1. The molecule has 3 aromatic rings. The fraction of sp³-hybridized carbons (Fsp3) is 0.476. The molecule has 0 aliphatic heterocycles. The zero-order valence-corrected chi connectivity index (χ0v) is 29.2. The van der Waals surface area contributed by atoms with Crippen molar-refractivity contribution in [3.63, 3.8) is 0 Å². The standard InChI is InChI=1S/C39H46O4.C3H8/c1-6-9-32(33(8-3)37(42)20-26(5)40)21-29-22-35-34(19-10-25(4)39(35)38(43)24-29)30-15-13-28(14-16-30)23-36(41)31-17-11-27(7-2)12-18-31;1-3-2/h10-19,29,32-33H,6-9,20-24H2,1-5H3;3H2,1-2H3. The van der Waals surface area contributed by atoms with E-state index in [1.807, 2.05) is 56.3 Å². The fourth-order valence-corrected chi connectivity index (χ4v) is 7.03. The van der Waals surface area contributed by atoms with Crippen molar-refractivity contribution in [1.29, 1.82) is 0 Å². The molecule has 1 aliphatic carbocycles. The molecule has 3 aromatic carbocycles. The molecule has 1 aliphatic rings. The predicted octanol–water partition coefficient (Wildman–Crippen LogP) is 10.2. The van der Waals surface area contributed by atoms with Gasteiger partial charge in [-0.3, -0.25) is 19.2 Å². The van der Waals surface area contributed by atoms with Crippen LogP contribution in [0.2, 0.25) is 0 Å². The van der Waals surface area contributed by atoms with Crippen molar-refractivity contribution >= 4 is 23.1 Å². The lowest BCUT2D eigenvalue weighted by molar-refractivity contribution is -0.129. The van der Waals surface area contributed by atoms with E-state index >= 15 is 0 Å². The van der Waals surface area contributed by atoms with Crippen LogP contribution in [0.3, 0.4) is 0 Å². The summed E-state index contributed by atoms with van der Waals surface area (Å²) in [4.78, 5) is 51.1. The summed E-state index contributed by atoms with van der Waals surface area (Å²) >= 11 is 0. The molecule has 0 heterocycles. The molecule has 0 bridgehead atoms. The summed E-state index contributed by atoms with van der Waals surface area (Å²) in [5.74, 6) is 0.435. The number of Topliss-reactive ketones (excluding diaryl/α,β-unsaturated/α-hetero) is 4. The van der Waals surface area contributed by atoms with E-state index in [4.69, 9.17) is 0 Å². The summed E-state index contributed by atoms with van der Waals surface area (Å²) in [6.45, 7) is 14.0. The molecule has 246 valence electrons. The highest BCUT2D eigenvalue weighted by molar-refractivity contribution is 6.02. The molecule has 3 atom stereocenters. The molecule has 0 saturated carbocycles. The largest absolute Gasteiger partial charge is 0.300 e. The summed E-state index contributed by atoms with van der Waals surface area (Å²) in [5.41, 5.74) is 7.97. The van der Waals surface area contributed by atoms with Gasteiger partial charge in [-0.2, -0.15) is 0 Å². The summed E-state index contributed by atoms with van der Waals surface area (Å²) in [6, 6.07) is 20.2. The normalized spacial score (nSPS) is 15.3. The van der Waals surface area contributed by atoms with Crippen LogP contribution in [0.4, 0.5) is 0 Å². The van der Waals surface area contributed by atoms with Crippen LogP contribution in [0.25, 0.3) is 11.1 Å². The minimum atomic E-state index is -0.142. The number of hydrogen-bond donors (Lipinski definition) is 0. The molecule has 0 saturated heterocycles. The molecule has 0 spiro atoms. The van der Waals surface area contributed by atoms with Crippen LogP contribution in [0, 0.1) is 24.7 Å². The summed E-state index contributed by atoms with van der Waals surface area (Å²) in [5, 5.41) is 0. The van der Waals surface area contributed by atoms with E-state index in [0.717, 1.165) is 77.5 Å². The molecular weight excluding hydrogens is 568 g/mol. The van der Waals surface area contributed by atoms with Gasteiger partial charge in [-0.05, 0) is 84.7 Å². The van der Waals surface area contributed by atoms with Gasteiger partial charge in [0.1, 0.15) is 11.6 Å². The van der Waals surface area contributed by atoms with E-state index in [9.17, 15) is 19.2 Å². The molecule has 4 rings (SSSR count). The Balaban J connectivity index is 0.00000185. The Morgan fingerprint density at radius 2 is 1.46 bits per heavy atom. The Labute approximate surface area is 277 Å². The second kappa shape index (κ2) is 17.9. The van der Waals surface area contributed by atoms with E-state index in [-0.39, 0.29) is 47.3 Å². The molecule has 0 amide bonds. The maximum absolute atomic E-state index is 13.6. The second-order valence-corrected chi connectivity index (χ2v) is 13.2. The molecule has 0 N–H and O–H groups in total. The average Bonchev–Trinajstić information content (AvgIpc) is 3.02. The number of benzene rings is 3. The minimum Gasteiger partial charge on any atom is -0.300 e. The lowest BCUT2D eigenvalue weighted by atomic mass is 9.71. The third kappa shape index (κ3) is 9.67. The Morgan fingerprint density at radius 1 is 0.826 bits per heavy atom. The van der Waals surface area contributed by atoms with Crippen molar-refractivity contribution in [2.75, 3.05) is 0 Å². The van der Waals surface area contributed by atoms with Crippen LogP contribution < -0.4 is 0 Å². The quantitative estimate of drug-likeness (QED) is 0.133. The van der Waals surface area contributed by atoms with Crippen molar-refractivity contribution in [2.45, 2.75) is 113 Å². The maximum atomic E-state index is 13.6. The van der Waals surface area contributed by atoms with Crippen molar-refractivity contribution in [2.24, 2.45) is 17.8 Å². The fourth-order valence-electron chi connectivity index (χ4n) is 7.03. The van der Waals surface area contributed by atoms with E-state index in [2.05, 4.69) is 45.9 Å². The van der Waals surface area contributed by atoms with Crippen LogP contribution >= 0.6 is 0 Å². The van der Waals surface area contributed by atoms with Crippen molar-refractivity contribution in [3.8, 4) is 11.1 Å². The minimum absolute atomic E-state index is 0.00121. The number of carbonyl (C=O) groups excluding carboxylic acids is 4. The first-order valence-corrected chi connectivity index (χ1v) is 17.5. The Hall–Kier alpha value is -3.66. The summed E-state index contributed by atoms with van der Waals surface area (Å²) < 4.78 is 0. The van der Waals surface area contributed by atoms with Gasteiger partial charge >= 0.3 is 0 Å². The number of ketones is 4. The first-order valence-electron chi connectivity index (χ1n) is 17.5. The van der Waals surface area contributed by atoms with Crippen molar-refractivity contribution in [3.05, 3.63) is 94.0 Å². The van der Waals surface area contributed by atoms with Gasteiger partial charge in [0, 0.05) is 29.9 Å². The Bertz CT molecular complexity index is 1480. The topological polar surface area (TPSA) is 68.3 Å². The highest BCUT2D eigenvalue weighted by Crippen LogP contribution is 2.40. The molecule has 4 heteroatoms. The number of hydrogen-bond acceptors (Lipinski definition) is 4. The van der Waals surface area contributed by atoms with Crippen molar-refractivity contribution < 1.29 is 19.2 Å². The molecular formula is C42H54O4. The molecule has 0 aromatic heterocycles. The van der Waals surface area contributed by atoms with Crippen LogP contribution in [0.5, 0.6) is 0 Å². The van der Waals surface area contributed by atoms with Gasteiger partial charge in [-0.25, -0.2) is 0 Å². The SMILES string of the molecule is CCC.CCCC(CC1CC(=O)c2c(C)ccc(-c3ccc(CC(=O)c4ccc(CC)cc4)cc3)c2C1)C(CC)C(=O)CC(C)=O. The van der Waals surface area contributed by atoms with Gasteiger partial charge in [0.25, 0.3) is 0 Å². The molecule has 0 radical (unpaired) electrons. The number of aryl methyl sites for hydroxylation is 2. The lowest BCUT2D eigenvalue weighted by Crippen LogP contribution is -2.30. The third-order valence-electron chi connectivity index (χ3n) is 9.22. The van der Waals surface area contributed by atoms with E-state index in [1.54, 1.807) is 0 Å². The molecule has 3 unspecified atom stereocenters. The van der Waals surface area contributed by atoms with E-state index in [1.165, 1.54) is 18.9 Å². The zero-order chi connectivity index (χ0) is 33.8. The van der Waals surface area contributed by atoms with Crippen LogP contribution in [-0.2, 0) is 28.9 Å². The van der Waals surface area contributed by atoms with E-state index < -0.39 is 0 Å². The highest BCUT2D eigenvalue weighted by atomic mass is 16.1. The van der Waals surface area contributed by atoms with Gasteiger partial charge in [0.05, 0.1) is 6.42 Å². The summed E-state index contributed by atoms with van der Waals surface area (Å²) in [7, 11) is 0. The number of rotatable bonds is 14. The van der Waals surface area contributed by atoms with Crippen LogP contribution in [0.15, 0.2) is 60.7 Å². The first-order chi connectivity index (χ1) is 22.1. The first kappa shape index (κ1) is 36.8. The molecule has 0 fully saturated rings.